The summed E-state index contributed by atoms with van der Waals surface area (Å²) in [6, 6.07) is 19.9. The van der Waals surface area contributed by atoms with E-state index >= 15 is 0 Å². The van der Waals surface area contributed by atoms with Crippen LogP contribution in [0, 0.1) is 0 Å². The zero-order chi connectivity index (χ0) is 21.2. The highest BCUT2D eigenvalue weighted by Gasteiger charge is 2.34. The molecule has 2 atom stereocenters. The van der Waals surface area contributed by atoms with Gasteiger partial charge in [0, 0.05) is 48.3 Å². The van der Waals surface area contributed by atoms with E-state index in [-0.39, 0.29) is 0 Å². The van der Waals surface area contributed by atoms with Gasteiger partial charge >= 0.3 is 0 Å². The van der Waals surface area contributed by atoms with Gasteiger partial charge in [-0.3, -0.25) is 4.90 Å². The maximum atomic E-state index is 6.08. The maximum absolute atomic E-state index is 6.08. The summed E-state index contributed by atoms with van der Waals surface area (Å²) in [5.74, 6) is 1.13. The van der Waals surface area contributed by atoms with Crippen molar-refractivity contribution < 1.29 is 4.74 Å². The van der Waals surface area contributed by atoms with Gasteiger partial charge in [-0.2, -0.15) is 0 Å². The quantitative estimate of drug-likeness (QED) is 0.564. The maximum Gasteiger partial charge on any atom is 0.136 e. The van der Waals surface area contributed by atoms with Crippen LogP contribution in [0.4, 0.5) is 5.82 Å². The van der Waals surface area contributed by atoms with E-state index in [0.717, 1.165) is 56.3 Å². The molecular weight excluding hydrogens is 406 g/mol. The van der Waals surface area contributed by atoms with Crippen molar-refractivity contribution in [2.45, 2.75) is 44.4 Å². The lowest BCUT2D eigenvalue weighted by atomic mass is 9.96. The van der Waals surface area contributed by atoms with Crippen LogP contribution in [0.3, 0.4) is 0 Å². The molecule has 1 aromatic heterocycles. The lowest BCUT2D eigenvalue weighted by molar-refractivity contribution is -0.0745. The number of rotatable bonds is 4. The monoisotopic (exact) mass is 435 g/mol. The van der Waals surface area contributed by atoms with Gasteiger partial charge in [0.15, 0.2) is 0 Å². The van der Waals surface area contributed by atoms with Crippen molar-refractivity contribution in [3.05, 3.63) is 71.4 Å². The molecule has 0 bridgehead atoms. The second-order valence-electron chi connectivity index (χ2n) is 8.90. The van der Waals surface area contributed by atoms with Gasteiger partial charge in [0.1, 0.15) is 5.82 Å². The summed E-state index contributed by atoms with van der Waals surface area (Å²) in [5.41, 5.74) is 1.33. The van der Waals surface area contributed by atoms with Crippen LogP contribution in [0.25, 0.3) is 10.8 Å². The Hall–Kier alpha value is -2.14. The van der Waals surface area contributed by atoms with Crippen molar-refractivity contribution in [1.29, 1.82) is 0 Å². The molecule has 5 heteroatoms. The van der Waals surface area contributed by atoms with E-state index in [9.17, 15) is 0 Å². The summed E-state index contributed by atoms with van der Waals surface area (Å²) < 4.78 is 6.06. The fourth-order valence-electron chi connectivity index (χ4n) is 5.15. The lowest BCUT2D eigenvalue weighted by Gasteiger charge is -2.46. The van der Waals surface area contributed by atoms with Gasteiger partial charge in [-0.15, -0.1) is 0 Å². The van der Waals surface area contributed by atoms with E-state index in [0.29, 0.717) is 18.2 Å². The predicted octanol–water partition coefficient (Wildman–Crippen LogP) is 5.19. The highest BCUT2D eigenvalue weighted by Crippen LogP contribution is 2.30. The van der Waals surface area contributed by atoms with Crippen LogP contribution < -0.4 is 4.90 Å². The third-order valence-corrected chi connectivity index (χ3v) is 7.03. The number of fused-ring (bicyclic) bond motifs is 1. The Balaban J connectivity index is 1.29. The van der Waals surface area contributed by atoms with Gasteiger partial charge in [0.05, 0.1) is 12.7 Å². The molecule has 3 heterocycles. The molecule has 2 aliphatic heterocycles. The molecule has 31 heavy (non-hydrogen) atoms. The zero-order valence-corrected chi connectivity index (χ0v) is 18.8. The van der Waals surface area contributed by atoms with Crippen molar-refractivity contribution in [3.63, 3.8) is 0 Å². The molecule has 2 aliphatic rings. The number of hydrogen-bond donors (Lipinski definition) is 0. The minimum atomic E-state index is 0.291. The molecule has 0 unspecified atom stereocenters. The van der Waals surface area contributed by atoms with Gasteiger partial charge in [0.2, 0.25) is 0 Å². The first-order chi connectivity index (χ1) is 15.2. The van der Waals surface area contributed by atoms with E-state index in [1.54, 1.807) is 0 Å². The first-order valence-electron chi connectivity index (χ1n) is 11.4. The number of hydrogen-bond acceptors (Lipinski definition) is 4. The van der Waals surface area contributed by atoms with Gasteiger partial charge in [-0.1, -0.05) is 48.0 Å². The Morgan fingerprint density at radius 1 is 1.03 bits per heavy atom. The van der Waals surface area contributed by atoms with E-state index < -0.39 is 0 Å². The third-order valence-electron chi connectivity index (χ3n) is 6.78. The standard InChI is InChI=1S/C26H30ClN3O/c1-19-17-30(24(18-31-19)16-20-6-8-22(27)9-7-20)23-11-14-29(15-12-23)26-25-5-3-2-4-21(25)10-13-28-26/h2-10,13,19,23-24H,11-12,14-18H2,1H3/t19-,24-/m0/s1. The van der Waals surface area contributed by atoms with Crippen LogP contribution in [0.2, 0.25) is 5.02 Å². The van der Waals surface area contributed by atoms with Crippen LogP contribution in [0.15, 0.2) is 60.8 Å². The molecule has 2 aromatic carbocycles. The molecule has 2 saturated heterocycles. The number of halogens is 1. The molecule has 0 saturated carbocycles. The number of morpholine rings is 1. The van der Waals surface area contributed by atoms with Gasteiger partial charge in [0.25, 0.3) is 0 Å². The summed E-state index contributed by atoms with van der Waals surface area (Å²) in [6.07, 6.45) is 5.56. The zero-order valence-electron chi connectivity index (χ0n) is 18.1. The van der Waals surface area contributed by atoms with Crippen molar-refractivity contribution in [2.75, 3.05) is 31.1 Å². The van der Waals surface area contributed by atoms with E-state index in [1.165, 1.54) is 16.3 Å². The minimum absolute atomic E-state index is 0.291. The second kappa shape index (κ2) is 9.15. The molecule has 3 aromatic rings. The van der Waals surface area contributed by atoms with Crippen LogP contribution >= 0.6 is 11.6 Å². The Morgan fingerprint density at radius 3 is 2.61 bits per heavy atom. The summed E-state index contributed by atoms with van der Waals surface area (Å²) in [4.78, 5) is 9.93. The molecule has 2 fully saturated rings. The number of piperidine rings is 1. The molecular formula is C26H30ClN3O. The summed E-state index contributed by atoms with van der Waals surface area (Å²) in [7, 11) is 0. The first kappa shape index (κ1) is 20.7. The molecule has 5 rings (SSSR count). The average molecular weight is 436 g/mol. The van der Waals surface area contributed by atoms with Crippen LogP contribution in [-0.2, 0) is 11.2 Å². The van der Waals surface area contributed by atoms with E-state index in [2.05, 4.69) is 59.2 Å². The Kier molecular flexibility index (Phi) is 6.13. The van der Waals surface area contributed by atoms with E-state index in [4.69, 9.17) is 21.3 Å². The largest absolute Gasteiger partial charge is 0.376 e. The predicted molar refractivity (Wildman–Crippen MR) is 128 cm³/mol. The molecule has 162 valence electrons. The molecule has 0 aliphatic carbocycles. The van der Waals surface area contributed by atoms with E-state index in [1.807, 2.05) is 18.3 Å². The average Bonchev–Trinajstić information content (AvgIpc) is 2.81. The number of benzene rings is 2. The third kappa shape index (κ3) is 4.57. The summed E-state index contributed by atoms with van der Waals surface area (Å²) >= 11 is 6.08. The van der Waals surface area contributed by atoms with Crippen molar-refractivity contribution in [1.82, 2.24) is 9.88 Å². The number of aromatic nitrogens is 1. The highest BCUT2D eigenvalue weighted by molar-refractivity contribution is 6.30. The minimum Gasteiger partial charge on any atom is -0.376 e. The first-order valence-corrected chi connectivity index (χ1v) is 11.8. The summed E-state index contributed by atoms with van der Waals surface area (Å²) in [5, 5.41) is 3.31. The normalized spacial score (nSPS) is 23.4. The summed E-state index contributed by atoms with van der Waals surface area (Å²) in [6.45, 7) is 6.10. The SMILES string of the molecule is C[C@H]1CN(C2CCN(c3nccc4ccccc34)CC2)[C@@H](Cc2ccc(Cl)cc2)CO1. The molecule has 0 spiro atoms. The molecule has 0 radical (unpaired) electrons. The van der Waals surface area contributed by atoms with Crippen LogP contribution in [0.5, 0.6) is 0 Å². The van der Waals surface area contributed by atoms with Crippen LogP contribution in [0.1, 0.15) is 25.3 Å². The number of ether oxygens (including phenoxy) is 1. The smallest absolute Gasteiger partial charge is 0.136 e. The Morgan fingerprint density at radius 2 is 1.81 bits per heavy atom. The fraction of sp³-hybridized carbons (Fsp3) is 0.423. The van der Waals surface area contributed by atoms with Crippen LogP contribution in [-0.4, -0.2) is 54.3 Å². The van der Waals surface area contributed by atoms with Crippen molar-refractivity contribution >= 4 is 28.2 Å². The number of anilines is 1. The van der Waals surface area contributed by atoms with Gasteiger partial charge < -0.3 is 9.64 Å². The van der Waals surface area contributed by atoms with Gasteiger partial charge in [-0.25, -0.2) is 4.98 Å². The number of pyridine rings is 1. The fourth-order valence-corrected chi connectivity index (χ4v) is 5.28. The number of nitrogens with zero attached hydrogens (tertiary/aromatic N) is 3. The second-order valence-corrected chi connectivity index (χ2v) is 9.34. The molecule has 0 amide bonds. The Labute approximate surface area is 189 Å². The van der Waals surface area contributed by atoms with Crippen molar-refractivity contribution in [2.24, 2.45) is 0 Å². The highest BCUT2D eigenvalue weighted by atomic mass is 35.5. The van der Waals surface area contributed by atoms with Gasteiger partial charge in [-0.05, 0) is 55.3 Å². The topological polar surface area (TPSA) is 28.6 Å². The molecule has 4 nitrogen and oxygen atoms in total. The molecule has 0 N–H and O–H groups in total. The van der Waals surface area contributed by atoms with Crippen molar-refractivity contribution in [3.8, 4) is 0 Å². The lowest BCUT2D eigenvalue weighted by Crippen LogP contribution is -2.56. The Bertz CT molecular complexity index is 1010.